The Morgan fingerprint density at radius 2 is 1.69 bits per heavy atom. The van der Waals surface area contributed by atoms with Crippen LogP contribution in [-0.2, 0) is 13.0 Å². The Hall–Kier alpha value is -3.55. The number of nitrogens with zero attached hydrogens (tertiary/aromatic N) is 4. The highest BCUT2D eigenvalue weighted by atomic mass is 16.6. The largest absolute Gasteiger partial charge is 0.364 e. The van der Waals surface area contributed by atoms with Crippen LogP contribution < -0.4 is 10.6 Å². The third kappa shape index (κ3) is 4.50. The van der Waals surface area contributed by atoms with Crippen LogP contribution in [0.1, 0.15) is 11.1 Å². The molecule has 0 aliphatic heterocycles. The molecule has 2 aromatic heterocycles. The van der Waals surface area contributed by atoms with Gasteiger partial charge in [-0.25, -0.2) is 9.97 Å². The molecule has 0 atom stereocenters. The van der Waals surface area contributed by atoms with Crippen molar-refractivity contribution in [2.45, 2.75) is 13.0 Å². The second-order valence-corrected chi connectivity index (χ2v) is 5.55. The molecule has 0 saturated carbocycles. The molecule has 0 saturated heterocycles. The molecule has 0 aliphatic rings. The van der Waals surface area contributed by atoms with Crippen molar-refractivity contribution in [1.82, 2.24) is 15.0 Å². The Morgan fingerprint density at radius 3 is 2.38 bits per heavy atom. The lowest BCUT2D eigenvalue weighted by Gasteiger charge is -2.10. The normalized spacial score (nSPS) is 10.3. The smallest absolute Gasteiger partial charge is 0.353 e. The number of hydrogen-bond acceptors (Lipinski definition) is 7. The highest BCUT2D eigenvalue weighted by Gasteiger charge is 2.22. The van der Waals surface area contributed by atoms with Crippen LogP contribution in [0, 0.1) is 10.1 Å². The molecule has 8 nitrogen and oxygen atoms in total. The van der Waals surface area contributed by atoms with Crippen LogP contribution >= 0.6 is 0 Å². The van der Waals surface area contributed by atoms with Gasteiger partial charge in [0.05, 0.1) is 4.92 Å². The van der Waals surface area contributed by atoms with Crippen molar-refractivity contribution in [3.05, 3.63) is 82.4 Å². The van der Waals surface area contributed by atoms with Gasteiger partial charge in [0.1, 0.15) is 6.33 Å². The van der Waals surface area contributed by atoms with Gasteiger partial charge < -0.3 is 10.6 Å². The zero-order valence-corrected chi connectivity index (χ0v) is 14.0. The summed E-state index contributed by atoms with van der Waals surface area (Å²) in [6, 6.07) is 13.6. The van der Waals surface area contributed by atoms with Crippen molar-refractivity contribution in [3.8, 4) is 0 Å². The number of rotatable bonds is 8. The number of nitrogens with one attached hydrogen (secondary N) is 2. The minimum absolute atomic E-state index is 0.163. The maximum absolute atomic E-state index is 11.5. The van der Waals surface area contributed by atoms with Crippen molar-refractivity contribution in [2.24, 2.45) is 0 Å². The lowest BCUT2D eigenvalue weighted by molar-refractivity contribution is -0.383. The van der Waals surface area contributed by atoms with Crippen LogP contribution in [0.5, 0.6) is 0 Å². The summed E-state index contributed by atoms with van der Waals surface area (Å²) in [6.07, 6.45) is 5.41. The summed E-state index contributed by atoms with van der Waals surface area (Å²) in [5.74, 6) is 0.380. The van der Waals surface area contributed by atoms with Gasteiger partial charge in [0.15, 0.2) is 0 Å². The quantitative estimate of drug-likeness (QED) is 0.475. The van der Waals surface area contributed by atoms with Crippen molar-refractivity contribution >= 4 is 17.3 Å². The fourth-order valence-corrected chi connectivity index (χ4v) is 2.47. The summed E-state index contributed by atoms with van der Waals surface area (Å²) in [5.41, 5.74) is 1.88. The van der Waals surface area contributed by atoms with Crippen LogP contribution in [0.3, 0.4) is 0 Å². The van der Waals surface area contributed by atoms with Gasteiger partial charge in [-0.1, -0.05) is 36.4 Å². The molecule has 2 N–H and O–H groups in total. The molecule has 0 radical (unpaired) electrons. The minimum Gasteiger partial charge on any atom is -0.364 e. The number of anilines is 2. The lowest BCUT2D eigenvalue weighted by Crippen LogP contribution is -2.12. The molecule has 0 aliphatic carbocycles. The fourth-order valence-electron chi connectivity index (χ4n) is 2.47. The number of pyridine rings is 1. The number of aromatic nitrogens is 3. The van der Waals surface area contributed by atoms with Gasteiger partial charge in [0, 0.05) is 25.5 Å². The van der Waals surface area contributed by atoms with E-state index in [2.05, 4.69) is 25.6 Å². The first kappa shape index (κ1) is 17.3. The van der Waals surface area contributed by atoms with Crippen LogP contribution in [-0.4, -0.2) is 26.4 Å². The molecule has 3 rings (SSSR count). The second kappa shape index (κ2) is 8.52. The molecule has 2 heterocycles. The van der Waals surface area contributed by atoms with E-state index in [1.165, 1.54) is 6.33 Å². The van der Waals surface area contributed by atoms with Gasteiger partial charge >= 0.3 is 5.69 Å². The average molecular weight is 350 g/mol. The summed E-state index contributed by atoms with van der Waals surface area (Å²) < 4.78 is 0. The second-order valence-electron chi connectivity index (χ2n) is 5.55. The third-order valence-electron chi connectivity index (χ3n) is 3.74. The summed E-state index contributed by atoms with van der Waals surface area (Å²) in [7, 11) is 0. The highest BCUT2D eigenvalue weighted by Crippen LogP contribution is 2.29. The van der Waals surface area contributed by atoms with E-state index in [0.29, 0.717) is 13.1 Å². The maximum atomic E-state index is 11.5. The van der Waals surface area contributed by atoms with Gasteiger partial charge in [-0.3, -0.25) is 15.1 Å². The molecule has 3 aromatic rings. The van der Waals surface area contributed by atoms with E-state index in [9.17, 15) is 10.1 Å². The van der Waals surface area contributed by atoms with Crippen LogP contribution in [0.4, 0.5) is 17.3 Å². The van der Waals surface area contributed by atoms with Crippen molar-refractivity contribution < 1.29 is 4.92 Å². The predicted octanol–water partition coefficient (Wildman–Crippen LogP) is 3.05. The van der Waals surface area contributed by atoms with Gasteiger partial charge in [-0.05, 0) is 23.6 Å². The van der Waals surface area contributed by atoms with Crippen molar-refractivity contribution in [1.29, 1.82) is 0 Å². The molecule has 0 unspecified atom stereocenters. The SMILES string of the molecule is O=[N+]([O-])c1c(NCCc2ccccc2)ncnc1NCc1cccnc1. The van der Waals surface area contributed by atoms with Crippen LogP contribution in [0.25, 0.3) is 0 Å². The minimum atomic E-state index is -0.476. The monoisotopic (exact) mass is 350 g/mol. The van der Waals surface area contributed by atoms with E-state index in [1.807, 2.05) is 42.5 Å². The van der Waals surface area contributed by atoms with Crippen molar-refractivity contribution in [3.63, 3.8) is 0 Å². The summed E-state index contributed by atoms with van der Waals surface area (Å²) in [4.78, 5) is 23.1. The molecule has 132 valence electrons. The molecule has 0 bridgehead atoms. The Balaban J connectivity index is 1.70. The first-order chi connectivity index (χ1) is 12.7. The molecule has 26 heavy (non-hydrogen) atoms. The summed E-state index contributed by atoms with van der Waals surface area (Å²) in [5, 5.41) is 17.5. The predicted molar refractivity (Wildman–Crippen MR) is 98.9 cm³/mol. The van der Waals surface area contributed by atoms with Gasteiger partial charge in [-0.15, -0.1) is 0 Å². The van der Waals surface area contributed by atoms with E-state index in [1.54, 1.807) is 12.4 Å². The van der Waals surface area contributed by atoms with Crippen molar-refractivity contribution in [2.75, 3.05) is 17.2 Å². The summed E-state index contributed by atoms with van der Waals surface area (Å²) >= 11 is 0. The van der Waals surface area contributed by atoms with E-state index in [4.69, 9.17) is 0 Å². The van der Waals surface area contributed by atoms with Gasteiger partial charge in [0.2, 0.25) is 11.6 Å². The first-order valence-electron chi connectivity index (χ1n) is 8.14. The van der Waals surface area contributed by atoms with Crippen LogP contribution in [0.2, 0.25) is 0 Å². The van der Waals surface area contributed by atoms with E-state index < -0.39 is 4.92 Å². The maximum Gasteiger partial charge on any atom is 0.353 e. The average Bonchev–Trinajstić information content (AvgIpc) is 2.68. The Bertz CT molecular complexity index is 858. The molecular formula is C18H18N6O2. The number of benzene rings is 1. The summed E-state index contributed by atoms with van der Waals surface area (Å²) in [6.45, 7) is 0.916. The first-order valence-corrected chi connectivity index (χ1v) is 8.14. The van der Waals surface area contributed by atoms with Gasteiger partial charge in [0.25, 0.3) is 0 Å². The Kier molecular flexibility index (Phi) is 5.66. The Morgan fingerprint density at radius 1 is 0.962 bits per heavy atom. The molecule has 1 aromatic carbocycles. The number of hydrogen-bond donors (Lipinski definition) is 2. The third-order valence-corrected chi connectivity index (χ3v) is 3.74. The molecule has 0 spiro atoms. The van der Waals surface area contributed by atoms with E-state index >= 15 is 0 Å². The van der Waals surface area contributed by atoms with E-state index in [-0.39, 0.29) is 17.3 Å². The van der Waals surface area contributed by atoms with Crippen LogP contribution in [0.15, 0.2) is 61.2 Å². The highest BCUT2D eigenvalue weighted by molar-refractivity contribution is 5.69. The molecule has 0 amide bonds. The molecule has 8 heteroatoms. The Labute approximate surface area is 150 Å². The zero-order valence-electron chi connectivity index (χ0n) is 14.0. The fraction of sp³-hybridized carbons (Fsp3) is 0.167. The lowest BCUT2D eigenvalue weighted by atomic mass is 10.1. The van der Waals surface area contributed by atoms with Gasteiger partial charge in [-0.2, -0.15) is 0 Å². The number of nitro groups is 1. The zero-order chi connectivity index (χ0) is 18.2. The topological polar surface area (TPSA) is 106 Å². The molecule has 0 fully saturated rings. The van der Waals surface area contributed by atoms with E-state index in [0.717, 1.165) is 17.5 Å². The standard InChI is InChI=1S/C18H18N6O2/c25-24(26)16-17(20-10-8-14-5-2-1-3-6-14)22-13-23-18(16)21-12-15-7-4-9-19-11-15/h1-7,9,11,13H,8,10,12H2,(H2,20,21,22,23). The molecular weight excluding hydrogens is 332 g/mol.